The molecular weight excluding hydrogens is 262 g/mol. The van der Waals surface area contributed by atoms with Gasteiger partial charge in [0.05, 0.1) is 4.90 Å². The number of hydrogen-bond acceptors (Lipinski definition) is 3. The van der Waals surface area contributed by atoms with Crippen molar-refractivity contribution in [1.29, 1.82) is 0 Å². The zero-order valence-electron chi connectivity index (χ0n) is 11.6. The molecule has 0 saturated heterocycles. The molecule has 0 bridgehead atoms. The van der Waals surface area contributed by atoms with Gasteiger partial charge in [-0.2, -0.15) is 0 Å². The van der Waals surface area contributed by atoms with Crippen molar-refractivity contribution in [2.24, 2.45) is 5.14 Å². The second kappa shape index (κ2) is 6.21. The highest BCUT2D eigenvalue weighted by Gasteiger charge is 2.15. The largest absolute Gasteiger partial charge is 0.489 e. The highest BCUT2D eigenvalue weighted by Crippen LogP contribution is 2.31. The third-order valence-electron chi connectivity index (χ3n) is 2.93. The van der Waals surface area contributed by atoms with Crippen LogP contribution in [-0.4, -0.2) is 15.0 Å². The van der Waals surface area contributed by atoms with E-state index in [1.165, 1.54) is 6.07 Å². The van der Waals surface area contributed by atoms with Crippen molar-refractivity contribution in [1.82, 2.24) is 0 Å². The van der Waals surface area contributed by atoms with E-state index in [2.05, 4.69) is 6.58 Å². The summed E-state index contributed by atoms with van der Waals surface area (Å²) in [5.74, 6) is 0.881. The molecule has 1 aromatic carbocycles. The summed E-state index contributed by atoms with van der Waals surface area (Å²) in [4.78, 5) is 0.116. The number of primary sulfonamides is 1. The number of benzene rings is 1. The Kier molecular flexibility index (Phi) is 5.14. The Labute approximate surface area is 115 Å². The van der Waals surface area contributed by atoms with Gasteiger partial charge in [-0.15, -0.1) is 0 Å². The molecule has 0 spiro atoms. The average molecular weight is 283 g/mol. The van der Waals surface area contributed by atoms with E-state index in [-0.39, 0.29) is 10.8 Å². The van der Waals surface area contributed by atoms with Crippen LogP contribution in [0.2, 0.25) is 0 Å². The molecule has 0 aliphatic heterocycles. The average Bonchev–Trinajstić information content (AvgIpc) is 2.34. The van der Waals surface area contributed by atoms with Crippen LogP contribution in [0, 0.1) is 0 Å². The van der Waals surface area contributed by atoms with Crippen LogP contribution in [0.4, 0.5) is 0 Å². The van der Waals surface area contributed by atoms with E-state index >= 15 is 0 Å². The van der Waals surface area contributed by atoms with Gasteiger partial charge in [-0.25, -0.2) is 13.6 Å². The molecule has 2 N–H and O–H groups in total. The molecular formula is C14H21NO3S. The Morgan fingerprint density at radius 2 is 2.11 bits per heavy atom. The Hall–Kier alpha value is -1.33. The third-order valence-corrected chi connectivity index (χ3v) is 3.84. The molecule has 0 aromatic heterocycles. The molecule has 0 heterocycles. The highest BCUT2D eigenvalue weighted by molar-refractivity contribution is 7.89. The maximum atomic E-state index is 11.4. The van der Waals surface area contributed by atoms with Crippen molar-refractivity contribution in [3.8, 4) is 5.75 Å². The first-order valence-corrected chi connectivity index (χ1v) is 7.74. The summed E-state index contributed by atoms with van der Waals surface area (Å²) in [7, 11) is -3.69. The highest BCUT2D eigenvalue weighted by atomic mass is 32.2. The lowest BCUT2D eigenvalue weighted by Gasteiger charge is -2.17. The molecule has 0 radical (unpaired) electrons. The minimum atomic E-state index is -3.69. The summed E-state index contributed by atoms with van der Waals surface area (Å²) in [6.07, 6.45) is 0.886. The third kappa shape index (κ3) is 4.36. The quantitative estimate of drug-likeness (QED) is 0.816. The maximum absolute atomic E-state index is 11.4. The lowest BCUT2D eigenvalue weighted by Crippen LogP contribution is -2.13. The van der Waals surface area contributed by atoms with E-state index in [0.717, 1.165) is 17.6 Å². The maximum Gasteiger partial charge on any atom is 0.238 e. The summed E-state index contributed by atoms with van der Waals surface area (Å²) < 4.78 is 28.4. The monoisotopic (exact) mass is 283 g/mol. The fraction of sp³-hybridized carbons (Fsp3) is 0.429. The summed E-state index contributed by atoms with van der Waals surface area (Å²) in [5, 5.41) is 5.16. The lowest BCUT2D eigenvalue weighted by atomic mass is 9.98. The van der Waals surface area contributed by atoms with Crippen molar-refractivity contribution < 1.29 is 13.2 Å². The molecule has 19 heavy (non-hydrogen) atoms. The van der Waals surface area contributed by atoms with Gasteiger partial charge in [0.25, 0.3) is 0 Å². The summed E-state index contributed by atoms with van der Waals surface area (Å²) in [6, 6.07) is 4.72. The second-order valence-electron chi connectivity index (χ2n) is 4.80. The molecule has 0 fully saturated rings. The molecule has 5 heteroatoms. The van der Waals surface area contributed by atoms with E-state index in [1.807, 2.05) is 20.8 Å². The minimum Gasteiger partial charge on any atom is -0.489 e. The molecule has 1 atom stereocenters. The number of rotatable bonds is 6. The van der Waals surface area contributed by atoms with Crippen LogP contribution in [0.15, 0.2) is 35.2 Å². The van der Waals surface area contributed by atoms with E-state index < -0.39 is 10.0 Å². The van der Waals surface area contributed by atoms with Crippen LogP contribution >= 0.6 is 0 Å². The number of sulfonamides is 1. The Balaban J connectivity index is 3.20. The zero-order valence-corrected chi connectivity index (χ0v) is 12.5. The predicted molar refractivity (Wildman–Crippen MR) is 76.8 cm³/mol. The van der Waals surface area contributed by atoms with Crippen LogP contribution in [0.1, 0.15) is 38.7 Å². The van der Waals surface area contributed by atoms with Crippen LogP contribution in [0.5, 0.6) is 5.75 Å². The molecule has 1 unspecified atom stereocenters. The second-order valence-corrected chi connectivity index (χ2v) is 6.36. The van der Waals surface area contributed by atoms with Crippen molar-refractivity contribution in [3.63, 3.8) is 0 Å². The van der Waals surface area contributed by atoms with E-state index in [0.29, 0.717) is 12.4 Å². The number of hydrogen-bond donors (Lipinski definition) is 1. The van der Waals surface area contributed by atoms with Gasteiger partial charge in [-0.05, 0) is 48.6 Å². The van der Waals surface area contributed by atoms with Crippen molar-refractivity contribution in [3.05, 3.63) is 35.9 Å². The summed E-state index contributed by atoms with van der Waals surface area (Å²) in [6.45, 7) is 10.1. The number of ether oxygens (including phenoxy) is 1. The van der Waals surface area contributed by atoms with Crippen LogP contribution < -0.4 is 9.88 Å². The standard InChI is InChI=1S/C14H21NO3S/c1-5-11(4)13-8-12(19(15,16)17)6-7-14(13)18-9-10(2)3/h6-8,11H,2,5,9H2,1,3-4H3,(H2,15,16,17). The van der Waals surface area contributed by atoms with Crippen LogP contribution in [0.25, 0.3) is 0 Å². The van der Waals surface area contributed by atoms with Crippen molar-refractivity contribution >= 4 is 10.0 Å². The topological polar surface area (TPSA) is 69.4 Å². The first kappa shape index (κ1) is 15.7. The Bertz CT molecular complexity index is 564. The van der Waals surface area contributed by atoms with Gasteiger partial charge >= 0.3 is 0 Å². The molecule has 4 nitrogen and oxygen atoms in total. The van der Waals surface area contributed by atoms with Gasteiger partial charge in [-0.3, -0.25) is 0 Å². The first-order chi connectivity index (χ1) is 8.75. The molecule has 0 aliphatic rings. The fourth-order valence-electron chi connectivity index (χ4n) is 1.64. The lowest BCUT2D eigenvalue weighted by molar-refractivity contribution is 0.346. The van der Waals surface area contributed by atoms with Gasteiger partial charge in [-0.1, -0.05) is 20.4 Å². The van der Waals surface area contributed by atoms with Crippen LogP contribution in [-0.2, 0) is 10.0 Å². The fourth-order valence-corrected chi connectivity index (χ4v) is 2.19. The van der Waals surface area contributed by atoms with Gasteiger partial charge in [0.15, 0.2) is 0 Å². The molecule has 1 aromatic rings. The first-order valence-electron chi connectivity index (χ1n) is 6.19. The van der Waals surface area contributed by atoms with E-state index in [9.17, 15) is 8.42 Å². The Morgan fingerprint density at radius 3 is 2.58 bits per heavy atom. The van der Waals surface area contributed by atoms with E-state index in [4.69, 9.17) is 9.88 Å². The van der Waals surface area contributed by atoms with Crippen molar-refractivity contribution in [2.45, 2.75) is 38.0 Å². The molecule has 106 valence electrons. The molecule has 1 rings (SSSR count). The van der Waals surface area contributed by atoms with Gasteiger partial charge in [0.1, 0.15) is 12.4 Å². The minimum absolute atomic E-state index is 0.116. The normalized spacial score (nSPS) is 13.1. The van der Waals surface area contributed by atoms with Gasteiger partial charge < -0.3 is 4.74 Å². The smallest absolute Gasteiger partial charge is 0.238 e. The predicted octanol–water partition coefficient (Wildman–Crippen LogP) is 2.80. The SMILES string of the molecule is C=C(C)COc1ccc(S(N)(=O)=O)cc1C(C)CC. The van der Waals surface area contributed by atoms with Crippen LogP contribution in [0.3, 0.4) is 0 Å². The summed E-state index contributed by atoms with van der Waals surface area (Å²) >= 11 is 0. The molecule has 0 aliphatic carbocycles. The number of nitrogens with two attached hydrogens (primary N) is 1. The Morgan fingerprint density at radius 1 is 1.47 bits per heavy atom. The molecule has 0 saturated carbocycles. The zero-order chi connectivity index (χ0) is 14.6. The molecule has 0 amide bonds. The summed E-state index contributed by atoms with van der Waals surface area (Å²) in [5.41, 5.74) is 1.76. The van der Waals surface area contributed by atoms with Gasteiger partial charge in [0, 0.05) is 0 Å². The van der Waals surface area contributed by atoms with Crippen molar-refractivity contribution in [2.75, 3.05) is 6.61 Å². The van der Waals surface area contributed by atoms with E-state index in [1.54, 1.807) is 12.1 Å². The van der Waals surface area contributed by atoms with Gasteiger partial charge in [0.2, 0.25) is 10.0 Å².